The van der Waals surface area contributed by atoms with Gasteiger partial charge in [-0.2, -0.15) is 4.21 Å². The second-order valence-corrected chi connectivity index (χ2v) is 2.05. The van der Waals surface area contributed by atoms with Crippen molar-refractivity contribution in [2.24, 2.45) is 4.36 Å². The minimum atomic E-state index is -1.36. The van der Waals surface area contributed by atoms with Gasteiger partial charge in [0.25, 0.3) is 0 Å². The third-order valence-corrected chi connectivity index (χ3v) is 0.894. The van der Waals surface area contributed by atoms with Crippen LogP contribution < -0.4 is 0 Å². The van der Waals surface area contributed by atoms with Crippen molar-refractivity contribution in [1.82, 2.24) is 0 Å². The van der Waals surface area contributed by atoms with Crippen LogP contribution >= 0.6 is 0 Å². The summed E-state index contributed by atoms with van der Waals surface area (Å²) in [6.45, 7) is 0. The molecule has 0 fully saturated rings. The van der Waals surface area contributed by atoms with Gasteiger partial charge in [-0.15, -0.1) is 0 Å². The molecule has 0 aromatic heterocycles. The molecule has 0 rings (SSSR count). The van der Waals surface area contributed by atoms with E-state index in [1.54, 1.807) is 0 Å². The summed E-state index contributed by atoms with van der Waals surface area (Å²) < 4.78 is 12.7. The number of hydrogen-bond acceptors (Lipinski definition) is 3. The molecule has 0 aromatic rings. The average molecular weight is 109 g/mol. The molecule has 0 heterocycles. The molecule has 0 atom stereocenters. The fourth-order valence-corrected chi connectivity index (χ4v) is 0. The maximum absolute atomic E-state index is 9.57. The molecule has 0 aliphatic rings. The van der Waals surface area contributed by atoms with Gasteiger partial charge in [0.1, 0.15) is 0 Å². The second-order valence-electron chi connectivity index (χ2n) is 0.400. The van der Waals surface area contributed by atoms with Crippen LogP contribution in [0.5, 0.6) is 0 Å². The number of nitrogens with zero attached hydrogens (tertiary/aromatic N) is 1. The Bertz CT molecular complexity index is 113. The second kappa shape index (κ2) is 2.29. The van der Waals surface area contributed by atoms with Crippen LogP contribution in [-0.4, -0.2) is 11.3 Å². The molecule has 0 spiro atoms. The quantitative estimate of drug-likeness (QED) is 0.438. The maximum Gasteiger partial charge on any atom is 0.166 e. The van der Waals surface area contributed by atoms with Crippen molar-refractivity contribution in [3.63, 3.8) is 0 Å². The van der Waals surface area contributed by atoms with Crippen molar-refractivity contribution < 1.29 is 4.21 Å². The first-order chi connectivity index (χ1) is 2.27. The van der Waals surface area contributed by atoms with E-state index in [-0.39, 0.29) is 0 Å². The summed E-state index contributed by atoms with van der Waals surface area (Å²) in [5.41, 5.74) is 0. The Morgan fingerprint density at radius 1 is 2.00 bits per heavy atom. The fourth-order valence-electron chi connectivity index (χ4n) is 0. The van der Waals surface area contributed by atoms with E-state index in [9.17, 15) is 4.21 Å². The molecule has 0 unspecified atom stereocenters. The van der Waals surface area contributed by atoms with Crippen LogP contribution in [-0.2, 0) is 20.3 Å². The highest BCUT2D eigenvalue weighted by molar-refractivity contribution is 8.16. The third-order valence-electron chi connectivity index (χ3n) is 0.149. The van der Waals surface area contributed by atoms with Gasteiger partial charge >= 0.3 is 0 Å². The Balaban J connectivity index is 4.25. The van der Waals surface area contributed by atoms with Gasteiger partial charge < -0.3 is 0 Å². The Hall–Kier alpha value is 0.0400. The maximum atomic E-state index is 9.57. The fraction of sp³-hybridized carbons (Fsp3) is 1.00. The van der Waals surface area contributed by atoms with Crippen LogP contribution in [0.3, 0.4) is 0 Å². The zero-order valence-corrected chi connectivity index (χ0v) is 4.30. The van der Waals surface area contributed by atoms with Crippen molar-refractivity contribution in [2.45, 2.75) is 0 Å². The van der Waals surface area contributed by atoms with Gasteiger partial charge in [-0.25, -0.2) is 4.36 Å². The molecule has 0 radical (unpaired) electrons. The monoisotopic (exact) mass is 109 g/mol. The first kappa shape index (κ1) is 5.04. The van der Waals surface area contributed by atoms with Crippen LogP contribution in [0.4, 0.5) is 0 Å². The highest BCUT2D eigenvalue weighted by Gasteiger charge is 1.41. The number of rotatable bonds is 0. The van der Waals surface area contributed by atoms with E-state index in [0.29, 0.717) is 0 Å². The van der Waals surface area contributed by atoms with Crippen LogP contribution in [0.2, 0.25) is 0 Å². The summed E-state index contributed by atoms with van der Waals surface area (Å²) in [5, 5.41) is 0. The molecule has 0 aliphatic carbocycles. The molecule has 4 heteroatoms. The molecule has 0 aliphatic heterocycles. The van der Waals surface area contributed by atoms with Crippen molar-refractivity contribution in [3.8, 4) is 0 Å². The van der Waals surface area contributed by atoms with E-state index in [2.05, 4.69) is 15.6 Å². The Morgan fingerprint density at radius 2 is 2.20 bits per heavy atom. The first-order valence-corrected chi connectivity index (χ1v) is 2.99. The van der Waals surface area contributed by atoms with Crippen molar-refractivity contribution in [2.75, 3.05) is 7.05 Å². The Kier molecular flexibility index (Phi) is 2.31. The molecule has 0 aromatic carbocycles. The summed E-state index contributed by atoms with van der Waals surface area (Å²) in [4.78, 5) is 0. The van der Waals surface area contributed by atoms with Gasteiger partial charge in [-0.05, 0) is 0 Å². The van der Waals surface area contributed by atoms with E-state index >= 15 is 0 Å². The molecule has 0 saturated heterocycles. The van der Waals surface area contributed by atoms with Crippen LogP contribution in [0.1, 0.15) is 0 Å². The van der Waals surface area contributed by atoms with E-state index < -0.39 is 9.16 Å². The topological polar surface area (TPSA) is 29.4 Å². The predicted octanol–water partition coefficient (Wildman–Crippen LogP) is 0.0104. The minimum Gasteiger partial charge on any atom is -0.200 e. The summed E-state index contributed by atoms with van der Waals surface area (Å²) in [6, 6.07) is 0. The molecule has 2 nitrogen and oxygen atoms in total. The van der Waals surface area contributed by atoms with Gasteiger partial charge in [-0.1, -0.05) is 0 Å². The lowest BCUT2D eigenvalue weighted by molar-refractivity contribution is 0.697. The molecular formula is CH3NOS2. The third kappa shape index (κ3) is 4.04. The van der Waals surface area contributed by atoms with Crippen LogP contribution in [0, 0.1) is 0 Å². The molecule has 5 heavy (non-hydrogen) atoms. The standard InChI is InChI=1S/CH3NOS2/c1-2-5(3)4/h1H3. The molecule has 0 amide bonds. The van der Waals surface area contributed by atoms with E-state index in [1.165, 1.54) is 7.05 Å². The predicted molar refractivity (Wildman–Crippen MR) is 23.9 cm³/mol. The van der Waals surface area contributed by atoms with Crippen molar-refractivity contribution >= 4 is 20.3 Å². The van der Waals surface area contributed by atoms with Crippen LogP contribution in [0.25, 0.3) is 0 Å². The summed E-state index contributed by atoms with van der Waals surface area (Å²) in [6.07, 6.45) is 0. The average Bonchev–Trinajstić information content (AvgIpc) is 1.38. The summed E-state index contributed by atoms with van der Waals surface area (Å²) >= 11 is 4.09. The Morgan fingerprint density at radius 3 is 2.20 bits per heavy atom. The summed E-state index contributed by atoms with van der Waals surface area (Å²) in [7, 11) is 0.0556. The van der Waals surface area contributed by atoms with E-state index in [1.807, 2.05) is 0 Å². The number of hydrogen-bond donors (Lipinski definition) is 0. The minimum absolute atomic E-state index is 1.36. The van der Waals surface area contributed by atoms with Gasteiger partial charge in [0.15, 0.2) is 9.16 Å². The lowest BCUT2D eigenvalue weighted by Gasteiger charge is -1.44. The van der Waals surface area contributed by atoms with E-state index in [4.69, 9.17) is 0 Å². The lowest BCUT2D eigenvalue weighted by atomic mass is 11.6. The summed E-state index contributed by atoms with van der Waals surface area (Å²) in [5.74, 6) is 0. The van der Waals surface area contributed by atoms with Crippen LogP contribution in [0.15, 0.2) is 4.36 Å². The van der Waals surface area contributed by atoms with Gasteiger partial charge in [-0.3, -0.25) is 0 Å². The lowest BCUT2D eigenvalue weighted by Crippen LogP contribution is -1.43. The highest BCUT2D eigenvalue weighted by atomic mass is 32.8. The Labute approximate surface area is 36.7 Å². The van der Waals surface area contributed by atoms with Crippen molar-refractivity contribution in [1.29, 1.82) is 0 Å². The zero-order valence-electron chi connectivity index (χ0n) is 2.67. The van der Waals surface area contributed by atoms with Gasteiger partial charge in [0.2, 0.25) is 0 Å². The zero-order chi connectivity index (χ0) is 4.28. The molecular weight excluding hydrogens is 106 g/mol. The highest BCUT2D eigenvalue weighted by Crippen LogP contribution is 1.43. The molecule has 0 saturated carbocycles. The van der Waals surface area contributed by atoms with E-state index in [0.717, 1.165) is 0 Å². The molecule has 0 bridgehead atoms. The normalized spacial score (nSPS) is 6.60. The largest absolute Gasteiger partial charge is 0.200 e. The van der Waals surface area contributed by atoms with Gasteiger partial charge in [0.05, 0.1) is 0 Å². The van der Waals surface area contributed by atoms with Crippen molar-refractivity contribution in [3.05, 3.63) is 0 Å². The SMILES string of the molecule is CN=S(=O)=S. The molecule has 30 valence electrons. The molecule has 0 N–H and O–H groups in total. The van der Waals surface area contributed by atoms with Gasteiger partial charge in [0, 0.05) is 18.2 Å². The first-order valence-electron chi connectivity index (χ1n) is 0.963. The smallest absolute Gasteiger partial charge is 0.166 e.